The molecule has 0 atom stereocenters. The number of rotatable bonds is 5. The Morgan fingerprint density at radius 3 is 2.42 bits per heavy atom. The van der Waals surface area contributed by atoms with Crippen molar-refractivity contribution in [3.8, 4) is 0 Å². The fourth-order valence-corrected chi connectivity index (χ4v) is 6.03. The Labute approximate surface area is 194 Å². The van der Waals surface area contributed by atoms with Crippen LogP contribution in [0.5, 0.6) is 0 Å². The number of piperidine rings is 1. The second-order valence-corrected chi connectivity index (χ2v) is 10.9. The quantitative estimate of drug-likeness (QED) is 0.554. The summed E-state index contributed by atoms with van der Waals surface area (Å²) in [6.07, 6.45) is 1.22. The molecule has 31 heavy (non-hydrogen) atoms. The number of anilines is 1. The van der Waals surface area contributed by atoms with E-state index in [0.717, 1.165) is 5.01 Å². The number of amides is 1. The molecule has 0 radical (unpaired) electrons. The van der Waals surface area contributed by atoms with Crippen molar-refractivity contribution in [1.82, 2.24) is 14.5 Å². The molecule has 0 saturated carbocycles. The van der Waals surface area contributed by atoms with Gasteiger partial charge in [-0.2, -0.15) is 4.31 Å². The number of benzene rings is 2. The zero-order valence-electron chi connectivity index (χ0n) is 16.2. The first-order valence-electron chi connectivity index (χ1n) is 9.49. The summed E-state index contributed by atoms with van der Waals surface area (Å²) < 4.78 is 27.1. The Hall–Kier alpha value is -2.04. The lowest BCUT2D eigenvalue weighted by molar-refractivity contribution is 0.102. The van der Waals surface area contributed by atoms with Gasteiger partial charge in [-0.05, 0) is 55.3 Å². The Bertz CT molecular complexity index is 1190. The van der Waals surface area contributed by atoms with Crippen molar-refractivity contribution >= 4 is 56.2 Å². The Morgan fingerprint density at radius 1 is 1.03 bits per heavy atom. The van der Waals surface area contributed by atoms with Gasteiger partial charge in [-0.3, -0.25) is 4.79 Å². The lowest BCUT2D eigenvalue weighted by Crippen LogP contribution is -2.37. The van der Waals surface area contributed by atoms with Gasteiger partial charge in [0, 0.05) is 34.7 Å². The van der Waals surface area contributed by atoms with Crippen LogP contribution in [0.15, 0.2) is 53.4 Å². The summed E-state index contributed by atoms with van der Waals surface area (Å²) in [5.74, 6) is -0.296. The van der Waals surface area contributed by atoms with E-state index in [2.05, 4.69) is 15.5 Å². The number of carbonyl (C=O) groups excluding carboxylic acids is 1. The third-order valence-corrected chi connectivity index (χ3v) is 8.46. The Balaban J connectivity index is 1.39. The van der Waals surface area contributed by atoms with E-state index in [0.29, 0.717) is 41.7 Å². The standard InChI is InChI=1S/C20H18Cl2N4O3S2/c21-14-4-6-17(7-5-14)31(28,29)26-10-8-13(9-11-26)19-24-25-20(30-19)18(27)23-16-3-1-2-15(22)12-16/h1-7,12-13H,8-11H2,(H,23,27). The van der Waals surface area contributed by atoms with Gasteiger partial charge in [0.05, 0.1) is 4.90 Å². The van der Waals surface area contributed by atoms with Gasteiger partial charge in [0.1, 0.15) is 5.01 Å². The summed E-state index contributed by atoms with van der Waals surface area (Å²) in [5, 5.41) is 12.9. The number of halogens is 2. The number of carbonyl (C=O) groups is 1. The summed E-state index contributed by atoms with van der Waals surface area (Å²) in [4.78, 5) is 12.7. The van der Waals surface area contributed by atoms with Gasteiger partial charge in [0.15, 0.2) is 0 Å². The van der Waals surface area contributed by atoms with Crippen molar-refractivity contribution in [2.45, 2.75) is 23.7 Å². The Kier molecular flexibility index (Phi) is 6.59. The van der Waals surface area contributed by atoms with Crippen LogP contribution >= 0.6 is 34.5 Å². The number of nitrogens with one attached hydrogen (secondary N) is 1. The van der Waals surface area contributed by atoms with E-state index < -0.39 is 10.0 Å². The van der Waals surface area contributed by atoms with E-state index in [1.54, 1.807) is 36.4 Å². The predicted octanol–water partition coefficient (Wildman–Crippen LogP) is 4.67. The monoisotopic (exact) mass is 496 g/mol. The molecular weight excluding hydrogens is 479 g/mol. The summed E-state index contributed by atoms with van der Waals surface area (Å²) in [5.41, 5.74) is 0.579. The molecule has 7 nitrogen and oxygen atoms in total. The maximum absolute atomic E-state index is 12.8. The fraction of sp³-hybridized carbons (Fsp3) is 0.250. The maximum Gasteiger partial charge on any atom is 0.286 e. The molecule has 4 rings (SSSR count). The summed E-state index contributed by atoms with van der Waals surface area (Å²) >= 11 is 13.0. The van der Waals surface area contributed by atoms with Crippen LogP contribution in [-0.2, 0) is 10.0 Å². The van der Waals surface area contributed by atoms with E-state index in [4.69, 9.17) is 23.2 Å². The number of hydrogen-bond acceptors (Lipinski definition) is 6. The minimum Gasteiger partial charge on any atom is -0.320 e. The van der Waals surface area contributed by atoms with Crippen LogP contribution in [0.3, 0.4) is 0 Å². The average molecular weight is 497 g/mol. The molecule has 3 aromatic rings. The van der Waals surface area contributed by atoms with Crippen LogP contribution in [0.25, 0.3) is 0 Å². The van der Waals surface area contributed by atoms with Crippen molar-refractivity contribution in [3.05, 3.63) is 68.6 Å². The van der Waals surface area contributed by atoms with Crippen LogP contribution in [0.1, 0.15) is 33.6 Å². The second-order valence-electron chi connectivity index (χ2n) is 7.04. The average Bonchev–Trinajstić information content (AvgIpc) is 3.25. The van der Waals surface area contributed by atoms with Gasteiger partial charge in [-0.1, -0.05) is 40.6 Å². The molecule has 1 N–H and O–H groups in total. The predicted molar refractivity (Wildman–Crippen MR) is 122 cm³/mol. The molecule has 0 aliphatic carbocycles. The SMILES string of the molecule is O=C(Nc1cccc(Cl)c1)c1nnc(C2CCN(S(=O)(=O)c3ccc(Cl)cc3)CC2)s1. The minimum absolute atomic E-state index is 0.0573. The van der Waals surface area contributed by atoms with Gasteiger partial charge < -0.3 is 5.32 Å². The fourth-order valence-electron chi connectivity index (χ4n) is 3.34. The van der Waals surface area contributed by atoms with E-state index in [1.165, 1.54) is 27.8 Å². The molecule has 1 aliphatic heterocycles. The minimum atomic E-state index is -3.56. The van der Waals surface area contributed by atoms with Gasteiger partial charge in [-0.15, -0.1) is 10.2 Å². The Morgan fingerprint density at radius 2 is 1.74 bits per heavy atom. The van der Waals surface area contributed by atoms with E-state index >= 15 is 0 Å². The van der Waals surface area contributed by atoms with Gasteiger partial charge in [0.2, 0.25) is 15.0 Å². The summed E-state index contributed by atoms with van der Waals surface area (Å²) in [7, 11) is -3.56. The van der Waals surface area contributed by atoms with Gasteiger partial charge >= 0.3 is 0 Å². The van der Waals surface area contributed by atoms with E-state index in [-0.39, 0.29) is 21.7 Å². The lowest BCUT2D eigenvalue weighted by Gasteiger charge is -2.30. The molecule has 11 heteroatoms. The molecule has 1 saturated heterocycles. The van der Waals surface area contributed by atoms with Crippen molar-refractivity contribution in [1.29, 1.82) is 0 Å². The molecule has 2 heterocycles. The topological polar surface area (TPSA) is 92.3 Å². The highest BCUT2D eigenvalue weighted by Gasteiger charge is 2.31. The smallest absolute Gasteiger partial charge is 0.286 e. The number of hydrogen-bond donors (Lipinski definition) is 1. The molecule has 2 aromatic carbocycles. The highest BCUT2D eigenvalue weighted by Crippen LogP contribution is 2.32. The molecule has 1 aliphatic rings. The first kappa shape index (κ1) is 22.2. The van der Waals surface area contributed by atoms with Crippen molar-refractivity contribution in [2.24, 2.45) is 0 Å². The second kappa shape index (κ2) is 9.22. The normalized spacial score (nSPS) is 15.7. The number of sulfonamides is 1. The molecule has 162 valence electrons. The largest absolute Gasteiger partial charge is 0.320 e. The van der Waals surface area contributed by atoms with E-state index in [1.807, 2.05) is 0 Å². The third-order valence-electron chi connectivity index (χ3n) is 4.97. The molecule has 0 bridgehead atoms. The molecule has 0 unspecified atom stereocenters. The molecule has 1 aromatic heterocycles. The van der Waals surface area contributed by atoms with Crippen LogP contribution in [0.2, 0.25) is 10.0 Å². The zero-order valence-corrected chi connectivity index (χ0v) is 19.3. The van der Waals surface area contributed by atoms with Crippen LogP contribution in [0, 0.1) is 0 Å². The zero-order chi connectivity index (χ0) is 22.0. The summed E-state index contributed by atoms with van der Waals surface area (Å²) in [6, 6.07) is 13.0. The highest BCUT2D eigenvalue weighted by atomic mass is 35.5. The van der Waals surface area contributed by atoms with Crippen molar-refractivity contribution < 1.29 is 13.2 Å². The van der Waals surface area contributed by atoms with Crippen LogP contribution < -0.4 is 5.32 Å². The molecular formula is C20H18Cl2N4O3S2. The molecule has 0 spiro atoms. The van der Waals surface area contributed by atoms with Crippen molar-refractivity contribution in [2.75, 3.05) is 18.4 Å². The lowest BCUT2D eigenvalue weighted by atomic mass is 9.99. The summed E-state index contributed by atoms with van der Waals surface area (Å²) in [6.45, 7) is 0.749. The number of aromatic nitrogens is 2. The van der Waals surface area contributed by atoms with Gasteiger partial charge in [-0.25, -0.2) is 8.42 Å². The van der Waals surface area contributed by atoms with Crippen LogP contribution in [-0.4, -0.2) is 41.9 Å². The molecule has 1 fully saturated rings. The highest BCUT2D eigenvalue weighted by molar-refractivity contribution is 7.89. The number of nitrogens with zero attached hydrogens (tertiary/aromatic N) is 3. The van der Waals surface area contributed by atoms with Crippen molar-refractivity contribution in [3.63, 3.8) is 0 Å². The third kappa shape index (κ3) is 5.07. The van der Waals surface area contributed by atoms with Crippen LogP contribution in [0.4, 0.5) is 5.69 Å². The first-order valence-corrected chi connectivity index (χ1v) is 12.5. The molecule has 1 amide bonds. The van der Waals surface area contributed by atoms with Gasteiger partial charge in [0.25, 0.3) is 5.91 Å². The first-order chi connectivity index (χ1) is 14.8. The van der Waals surface area contributed by atoms with E-state index in [9.17, 15) is 13.2 Å². The maximum atomic E-state index is 12.8.